The highest BCUT2D eigenvalue weighted by Gasteiger charge is 1.76. The maximum atomic E-state index is 5.22. The highest BCUT2D eigenvalue weighted by Crippen LogP contribution is 2.02. The van der Waals surface area contributed by atoms with E-state index in [0.29, 0.717) is 0 Å². The van der Waals surface area contributed by atoms with Gasteiger partial charge in [-0.05, 0) is 10.7 Å². The Hall–Kier alpha value is 0.600. The van der Waals surface area contributed by atoms with Gasteiger partial charge in [0.1, 0.15) is 0 Å². The summed E-state index contributed by atoms with van der Waals surface area (Å²) in [5.41, 5.74) is 0. The van der Waals surface area contributed by atoms with Crippen LogP contribution in [0.1, 0.15) is 0 Å². The first-order chi connectivity index (χ1) is 2.91. The lowest BCUT2D eigenvalue weighted by molar-refractivity contribution is 0.219. The molecule has 0 aliphatic rings. The topological polar surface area (TPSA) is 9.23 Å². The quantitative estimate of drug-likeness (QED) is 0.531. The Morgan fingerprint density at radius 3 is 2.67 bits per heavy atom. The molecule has 0 aliphatic heterocycles. The van der Waals surface area contributed by atoms with Crippen molar-refractivity contribution in [3.05, 3.63) is 0 Å². The third-order valence-corrected chi connectivity index (χ3v) is 1.15. The zero-order valence-corrected chi connectivity index (χ0v) is 5.18. The van der Waals surface area contributed by atoms with Crippen LogP contribution in [0.3, 0.4) is 0 Å². The first kappa shape index (κ1) is 6.60. The fourth-order valence-corrected chi connectivity index (χ4v) is 0.533. The minimum atomic E-state index is 0.744. The lowest BCUT2D eigenvalue weighted by Crippen LogP contribution is -1.87. The Kier molecular flexibility index (Phi) is 6.16. The summed E-state index contributed by atoms with van der Waals surface area (Å²) in [5, 5.41) is 0. The van der Waals surface area contributed by atoms with Crippen LogP contribution in [0.4, 0.5) is 0 Å². The van der Waals surface area contributed by atoms with E-state index in [1.165, 1.54) is 11.0 Å². The van der Waals surface area contributed by atoms with Crippen LogP contribution in [0.15, 0.2) is 0 Å². The van der Waals surface area contributed by atoms with Crippen LogP contribution >= 0.6 is 21.7 Å². The molecule has 0 aromatic rings. The second kappa shape index (κ2) is 5.60. The van der Waals surface area contributed by atoms with Gasteiger partial charge in [0.05, 0.1) is 6.61 Å². The molecule has 0 spiro atoms. The van der Waals surface area contributed by atoms with Crippen molar-refractivity contribution >= 4 is 21.7 Å². The molecule has 0 aliphatic carbocycles. The summed E-state index contributed by atoms with van der Waals surface area (Å²) in [6, 6.07) is 0. The highest BCUT2D eigenvalue weighted by molar-refractivity contribution is 8.21. The van der Waals surface area contributed by atoms with E-state index in [1.807, 2.05) is 0 Å². The van der Waals surface area contributed by atoms with E-state index in [1.54, 1.807) is 7.11 Å². The second-order valence-corrected chi connectivity index (χ2v) is 2.09. The monoisotopic (exact) mass is 126 g/mol. The third kappa shape index (κ3) is 4.60. The largest absolute Gasteiger partial charge is 0.384 e. The molecule has 3 heteroatoms. The molecule has 0 unspecified atom stereocenters. The minimum absolute atomic E-state index is 0.744. The van der Waals surface area contributed by atoms with Gasteiger partial charge >= 0.3 is 0 Å². The normalized spacial score (nSPS) is 9.00. The van der Waals surface area contributed by atoms with Crippen molar-refractivity contribution in [3.8, 4) is 0 Å². The predicted molar refractivity (Wildman–Crippen MR) is 30.2 cm³/mol. The summed E-state index contributed by atoms with van der Waals surface area (Å²) in [7, 11) is 8.15. The van der Waals surface area contributed by atoms with E-state index in [4.69, 9.17) is 10.7 Å². The lowest BCUT2D eigenvalue weighted by Gasteiger charge is -1.87. The van der Waals surface area contributed by atoms with Crippen LogP contribution in [-0.4, -0.2) is 19.5 Å². The first-order valence-electron chi connectivity index (χ1n) is 1.64. The Balaban J connectivity index is 2.34. The standard InChI is InChI=1S/C3H7ClOS/c1-5-2-3-6-4/h2-3H2,1H3. The Morgan fingerprint density at radius 2 is 2.50 bits per heavy atom. The van der Waals surface area contributed by atoms with Gasteiger partial charge in [-0.1, -0.05) is 11.0 Å². The molecule has 38 valence electrons. The number of halogens is 1. The molecule has 0 heterocycles. The van der Waals surface area contributed by atoms with Gasteiger partial charge in [0.2, 0.25) is 0 Å². The number of hydrogen-bond acceptors (Lipinski definition) is 2. The smallest absolute Gasteiger partial charge is 0.0564 e. The molecule has 0 saturated carbocycles. The number of hydrogen-bond donors (Lipinski definition) is 0. The maximum Gasteiger partial charge on any atom is 0.0564 e. The molecule has 0 saturated heterocycles. The first-order valence-corrected chi connectivity index (χ1v) is 3.45. The molecule has 0 radical (unpaired) electrons. The Morgan fingerprint density at radius 1 is 1.83 bits per heavy atom. The van der Waals surface area contributed by atoms with Crippen molar-refractivity contribution in [3.63, 3.8) is 0 Å². The van der Waals surface area contributed by atoms with Crippen molar-refractivity contribution in [2.45, 2.75) is 0 Å². The summed E-state index contributed by atoms with van der Waals surface area (Å²) in [4.78, 5) is 0. The van der Waals surface area contributed by atoms with Crippen LogP contribution in [0.25, 0.3) is 0 Å². The molecular formula is C3H7ClOS. The highest BCUT2D eigenvalue weighted by atomic mass is 35.7. The van der Waals surface area contributed by atoms with E-state index in [0.717, 1.165) is 12.4 Å². The number of rotatable bonds is 3. The van der Waals surface area contributed by atoms with Gasteiger partial charge in [-0.15, -0.1) is 0 Å². The van der Waals surface area contributed by atoms with Crippen molar-refractivity contribution in [2.75, 3.05) is 19.5 Å². The van der Waals surface area contributed by atoms with Crippen molar-refractivity contribution in [1.82, 2.24) is 0 Å². The molecule has 0 bridgehead atoms. The zero-order valence-electron chi connectivity index (χ0n) is 3.61. The predicted octanol–water partition coefficient (Wildman–Crippen LogP) is 1.52. The maximum absolute atomic E-state index is 5.22. The van der Waals surface area contributed by atoms with Crippen molar-refractivity contribution in [1.29, 1.82) is 0 Å². The zero-order chi connectivity index (χ0) is 4.83. The summed E-state index contributed by atoms with van der Waals surface area (Å²) >= 11 is 0. The minimum Gasteiger partial charge on any atom is -0.384 e. The third-order valence-electron chi connectivity index (χ3n) is 0.365. The van der Waals surface area contributed by atoms with Gasteiger partial charge in [-0.2, -0.15) is 0 Å². The van der Waals surface area contributed by atoms with E-state index in [2.05, 4.69) is 4.74 Å². The van der Waals surface area contributed by atoms with Gasteiger partial charge < -0.3 is 4.74 Å². The van der Waals surface area contributed by atoms with Gasteiger partial charge in [0.15, 0.2) is 0 Å². The van der Waals surface area contributed by atoms with E-state index < -0.39 is 0 Å². The average Bonchev–Trinajstić information content (AvgIpc) is 1.61. The summed E-state index contributed by atoms with van der Waals surface area (Å²) in [6.07, 6.45) is 0. The van der Waals surface area contributed by atoms with Crippen LogP contribution < -0.4 is 0 Å². The molecule has 1 nitrogen and oxygen atoms in total. The van der Waals surface area contributed by atoms with E-state index in [-0.39, 0.29) is 0 Å². The molecule has 0 rings (SSSR count). The SMILES string of the molecule is COCCSCl. The molecular weight excluding hydrogens is 120 g/mol. The summed E-state index contributed by atoms with van der Waals surface area (Å²) < 4.78 is 4.68. The molecule has 0 fully saturated rings. The Labute approximate surface area is 46.5 Å². The van der Waals surface area contributed by atoms with E-state index >= 15 is 0 Å². The molecule has 0 N–H and O–H groups in total. The summed E-state index contributed by atoms with van der Waals surface area (Å²) in [5.74, 6) is 0.873. The lowest BCUT2D eigenvalue weighted by atomic mass is 10.9. The second-order valence-electron chi connectivity index (χ2n) is 0.806. The van der Waals surface area contributed by atoms with Gasteiger partial charge in [0, 0.05) is 12.9 Å². The molecule has 0 aromatic heterocycles. The van der Waals surface area contributed by atoms with Gasteiger partial charge in [-0.3, -0.25) is 0 Å². The Bertz CT molecular complexity index is 22.8. The molecule has 0 aromatic carbocycles. The fourth-order valence-electron chi connectivity index (χ4n) is 0.115. The van der Waals surface area contributed by atoms with E-state index in [9.17, 15) is 0 Å². The summed E-state index contributed by atoms with van der Waals surface area (Å²) in [6.45, 7) is 0.744. The van der Waals surface area contributed by atoms with Gasteiger partial charge in [-0.25, -0.2) is 0 Å². The van der Waals surface area contributed by atoms with Crippen LogP contribution in [0, 0.1) is 0 Å². The fraction of sp³-hybridized carbons (Fsp3) is 1.00. The molecule has 6 heavy (non-hydrogen) atoms. The molecule has 0 amide bonds. The number of methoxy groups -OCH3 is 1. The number of ether oxygens (including phenoxy) is 1. The van der Waals surface area contributed by atoms with Crippen molar-refractivity contribution < 1.29 is 4.74 Å². The van der Waals surface area contributed by atoms with Crippen molar-refractivity contribution in [2.24, 2.45) is 0 Å². The van der Waals surface area contributed by atoms with Crippen LogP contribution in [-0.2, 0) is 4.74 Å². The van der Waals surface area contributed by atoms with Gasteiger partial charge in [0.25, 0.3) is 0 Å². The molecule has 0 atom stereocenters. The van der Waals surface area contributed by atoms with Crippen LogP contribution in [0.5, 0.6) is 0 Å². The average molecular weight is 127 g/mol. The van der Waals surface area contributed by atoms with Crippen LogP contribution in [0.2, 0.25) is 0 Å².